The Morgan fingerprint density at radius 3 is 3.16 bits per heavy atom. The number of fused-ring (bicyclic) bond motifs is 1. The van der Waals surface area contributed by atoms with Crippen LogP contribution in [-0.2, 0) is 17.8 Å². The standard InChI is InChI=1S/C15H19NO3/c1-15(14(17)18)6-2-7-16(15)10-11-3-4-13-12(9-11)5-8-19-13/h3-4,9H,2,5-8,10H2,1H3,(H,17,18). The number of hydrogen-bond donors (Lipinski definition) is 1. The summed E-state index contributed by atoms with van der Waals surface area (Å²) in [6.45, 7) is 4.15. The maximum Gasteiger partial charge on any atom is 0.323 e. The number of carbonyl (C=O) groups is 1. The van der Waals surface area contributed by atoms with Gasteiger partial charge in [0.25, 0.3) is 0 Å². The maximum atomic E-state index is 11.4. The van der Waals surface area contributed by atoms with Crippen molar-refractivity contribution in [2.75, 3.05) is 13.2 Å². The third kappa shape index (κ3) is 2.10. The minimum Gasteiger partial charge on any atom is -0.493 e. The van der Waals surface area contributed by atoms with Gasteiger partial charge < -0.3 is 9.84 Å². The quantitative estimate of drug-likeness (QED) is 0.905. The van der Waals surface area contributed by atoms with E-state index in [-0.39, 0.29) is 0 Å². The van der Waals surface area contributed by atoms with E-state index < -0.39 is 11.5 Å². The Morgan fingerprint density at radius 1 is 1.53 bits per heavy atom. The number of carboxylic acids is 1. The van der Waals surface area contributed by atoms with Gasteiger partial charge in [-0.05, 0) is 43.5 Å². The molecule has 19 heavy (non-hydrogen) atoms. The highest BCUT2D eigenvalue weighted by molar-refractivity contribution is 5.78. The van der Waals surface area contributed by atoms with Crippen molar-refractivity contribution < 1.29 is 14.6 Å². The first-order valence-electron chi connectivity index (χ1n) is 6.83. The Labute approximate surface area is 113 Å². The van der Waals surface area contributed by atoms with E-state index in [0.29, 0.717) is 6.54 Å². The summed E-state index contributed by atoms with van der Waals surface area (Å²) in [5.41, 5.74) is 1.71. The van der Waals surface area contributed by atoms with Gasteiger partial charge in [0.1, 0.15) is 11.3 Å². The van der Waals surface area contributed by atoms with Crippen LogP contribution in [-0.4, -0.2) is 34.7 Å². The zero-order valence-corrected chi connectivity index (χ0v) is 11.2. The molecule has 1 fully saturated rings. The molecule has 2 heterocycles. The van der Waals surface area contributed by atoms with Gasteiger partial charge in [-0.15, -0.1) is 0 Å². The van der Waals surface area contributed by atoms with Gasteiger partial charge in [-0.2, -0.15) is 0 Å². The Hall–Kier alpha value is -1.55. The Bertz CT molecular complexity index is 514. The van der Waals surface area contributed by atoms with Crippen LogP contribution < -0.4 is 4.74 Å². The van der Waals surface area contributed by atoms with Crippen LogP contribution in [0.5, 0.6) is 5.75 Å². The highest BCUT2D eigenvalue weighted by atomic mass is 16.5. The van der Waals surface area contributed by atoms with Crippen LogP contribution >= 0.6 is 0 Å². The Kier molecular flexibility index (Phi) is 2.97. The van der Waals surface area contributed by atoms with E-state index in [1.807, 2.05) is 19.1 Å². The zero-order chi connectivity index (χ0) is 13.5. The SMILES string of the molecule is CC1(C(=O)O)CCCN1Cc1ccc2c(c1)CCO2. The number of ether oxygens (including phenoxy) is 1. The first-order valence-corrected chi connectivity index (χ1v) is 6.83. The topological polar surface area (TPSA) is 49.8 Å². The van der Waals surface area contributed by atoms with Crippen molar-refractivity contribution >= 4 is 5.97 Å². The van der Waals surface area contributed by atoms with Crippen LogP contribution in [0.4, 0.5) is 0 Å². The molecule has 2 aliphatic heterocycles. The molecule has 0 spiro atoms. The zero-order valence-electron chi connectivity index (χ0n) is 11.2. The number of rotatable bonds is 3. The molecule has 0 bridgehead atoms. The second-order valence-electron chi connectivity index (χ2n) is 5.64. The van der Waals surface area contributed by atoms with E-state index in [9.17, 15) is 9.90 Å². The lowest BCUT2D eigenvalue weighted by Gasteiger charge is -2.31. The largest absolute Gasteiger partial charge is 0.493 e. The van der Waals surface area contributed by atoms with Crippen LogP contribution in [0.25, 0.3) is 0 Å². The fourth-order valence-electron chi connectivity index (χ4n) is 3.07. The molecule has 3 rings (SSSR count). The van der Waals surface area contributed by atoms with Gasteiger partial charge in [0.2, 0.25) is 0 Å². The Balaban J connectivity index is 1.80. The average Bonchev–Trinajstić information content (AvgIpc) is 2.97. The molecule has 102 valence electrons. The summed E-state index contributed by atoms with van der Waals surface area (Å²) in [6.07, 6.45) is 2.65. The summed E-state index contributed by atoms with van der Waals surface area (Å²) in [5, 5.41) is 9.41. The van der Waals surface area contributed by atoms with E-state index in [0.717, 1.165) is 38.2 Å². The molecule has 1 atom stereocenters. The predicted molar refractivity (Wildman–Crippen MR) is 71.3 cm³/mol. The van der Waals surface area contributed by atoms with Gasteiger partial charge in [0.15, 0.2) is 0 Å². The number of nitrogens with zero attached hydrogens (tertiary/aromatic N) is 1. The van der Waals surface area contributed by atoms with E-state index in [1.54, 1.807) is 0 Å². The van der Waals surface area contributed by atoms with Crippen molar-refractivity contribution in [1.29, 1.82) is 0 Å². The van der Waals surface area contributed by atoms with Crippen molar-refractivity contribution in [2.45, 2.75) is 38.3 Å². The molecule has 2 aliphatic rings. The first kappa shape index (κ1) is 12.5. The van der Waals surface area contributed by atoms with Crippen molar-refractivity contribution in [3.8, 4) is 5.75 Å². The molecule has 1 aromatic rings. The van der Waals surface area contributed by atoms with Crippen LogP contribution in [0.15, 0.2) is 18.2 Å². The van der Waals surface area contributed by atoms with E-state index >= 15 is 0 Å². The number of carboxylic acid groups (broad SMARTS) is 1. The summed E-state index contributed by atoms with van der Waals surface area (Å²) in [6, 6.07) is 6.21. The average molecular weight is 261 g/mol. The second kappa shape index (κ2) is 4.53. The van der Waals surface area contributed by atoms with Crippen LogP contribution in [0.3, 0.4) is 0 Å². The minimum atomic E-state index is -0.713. The summed E-state index contributed by atoms with van der Waals surface area (Å²) in [5.74, 6) is 0.265. The maximum absolute atomic E-state index is 11.4. The molecule has 1 unspecified atom stereocenters. The predicted octanol–water partition coefficient (Wildman–Crippen LogP) is 2.06. The molecule has 0 amide bonds. The minimum absolute atomic E-state index is 0.704. The van der Waals surface area contributed by atoms with Crippen molar-refractivity contribution in [3.05, 3.63) is 29.3 Å². The van der Waals surface area contributed by atoms with Crippen LogP contribution in [0.1, 0.15) is 30.9 Å². The summed E-state index contributed by atoms with van der Waals surface area (Å²) in [4.78, 5) is 13.5. The summed E-state index contributed by atoms with van der Waals surface area (Å²) >= 11 is 0. The molecule has 0 radical (unpaired) electrons. The van der Waals surface area contributed by atoms with Crippen LogP contribution in [0.2, 0.25) is 0 Å². The molecule has 0 aliphatic carbocycles. The molecule has 0 saturated carbocycles. The van der Waals surface area contributed by atoms with Crippen LogP contribution in [0, 0.1) is 0 Å². The molecule has 1 saturated heterocycles. The summed E-state index contributed by atoms with van der Waals surface area (Å²) < 4.78 is 5.49. The third-order valence-corrected chi connectivity index (χ3v) is 4.38. The highest BCUT2D eigenvalue weighted by Crippen LogP contribution is 2.32. The van der Waals surface area contributed by atoms with Crippen molar-refractivity contribution in [1.82, 2.24) is 4.90 Å². The molecule has 4 heteroatoms. The van der Waals surface area contributed by atoms with Gasteiger partial charge in [-0.25, -0.2) is 0 Å². The summed E-state index contributed by atoms with van der Waals surface area (Å²) in [7, 11) is 0. The normalized spacial score (nSPS) is 26.2. The van der Waals surface area contributed by atoms with Crippen molar-refractivity contribution in [2.24, 2.45) is 0 Å². The fraction of sp³-hybridized carbons (Fsp3) is 0.533. The lowest BCUT2D eigenvalue weighted by Crippen LogP contribution is -2.47. The number of benzene rings is 1. The number of hydrogen-bond acceptors (Lipinski definition) is 3. The van der Waals surface area contributed by atoms with E-state index in [4.69, 9.17) is 4.74 Å². The number of likely N-dealkylation sites (tertiary alicyclic amines) is 1. The highest BCUT2D eigenvalue weighted by Gasteiger charge is 2.43. The van der Waals surface area contributed by atoms with Gasteiger partial charge >= 0.3 is 5.97 Å². The van der Waals surface area contributed by atoms with E-state index in [1.165, 1.54) is 11.1 Å². The van der Waals surface area contributed by atoms with Gasteiger partial charge in [-0.1, -0.05) is 12.1 Å². The lowest BCUT2D eigenvalue weighted by molar-refractivity contribution is -0.148. The number of aliphatic carboxylic acids is 1. The molecular formula is C15H19NO3. The third-order valence-electron chi connectivity index (χ3n) is 4.38. The van der Waals surface area contributed by atoms with Gasteiger partial charge in [0, 0.05) is 13.0 Å². The fourth-order valence-corrected chi connectivity index (χ4v) is 3.07. The molecule has 1 aromatic carbocycles. The molecular weight excluding hydrogens is 242 g/mol. The molecule has 4 nitrogen and oxygen atoms in total. The van der Waals surface area contributed by atoms with Crippen molar-refractivity contribution in [3.63, 3.8) is 0 Å². The second-order valence-corrected chi connectivity index (χ2v) is 5.64. The molecule has 0 aromatic heterocycles. The molecule has 1 N–H and O–H groups in total. The first-order chi connectivity index (χ1) is 9.09. The monoisotopic (exact) mass is 261 g/mol. The van der Waals surface area contributed by atoms with Gasteiger partial charge in [0.05, 0.1) is 6.61 Å². The smallest absolute Gasteiger partial charge is 0.323 e. The lowest BCUT2D eigenvalue weighted by atomic mass is 9.98. The van der Waals surface area contributed by atoms with E-state index in [2.05, 4.69) is 11.0 Å². The van der Waals surface area contributed by atoms with Gasteiger partial charge in [-0.3, -0.25) is 9.69 Å². The Morgan fingerprint density at radius 2 is 2.37 bits per heavy atom.